The van der Waals surface area contributed by atoms with Crippen LogP contribution in [0.1, 0.15) is 46.0 Å². The van der Waals surface area contributed by atoms with Crippen molar-refractivity contribution in [3.8, 4) is 0 Å². The summed E-state index contributed by atoms with van der Waals surface area (Å²) in [5.41, 5.74) is 0. The van der Waals surface area contributed by atoms with Crippen molar-refractivity contribution in [2.24, 2.45) is 0 Å². The normalized spacial score (nSPS) is 30.0. The van der Waals surface area contributed by atoms with Gasteiger partial charge in [-0.05, 0) is 26.3 Å². The highest BCUT2D eigenvalue weighted by atomic mass is 16.5. The topological polar surface area (TPSA) is 21.3 Å². The summed E-state index contributed by atoms with van der Waals surface area (Å²) in [6.07, 6.45) is 7.08. The average molecular weight is 185 g/mol. The minimum absolute atomic E-state index is 0.465. The fourth-order valence-electron chi connectivity index (χ4n) is 2.18. The monoisotopic (exact) mass is 185 g/mol. The lowest BCUT2D eigenvalue weighted by atomic mass is 10.1. The second kappa shape index (κ2) is 6.39. The Labute approximate surface area is 82.0 Å². The van der Waals surface area contributed by atoms with Gasteiger partial charge in [-0.1, -0.05) is 26.2 Å². The Morgan fingerprint density at radius 2 is 1.92 bits per heavy atom. The Kier molecular flexibility index (Phi) is 5.40. The number of rotatable bonds is 4. The van der Waals surface area contributed by atoms with Gasteiger partial charge in [-0.3, -0.25) is 0 Å². The second-order valence-electron chi connectivity index (χ2n) is 3.80. The van der Waals surface area contributed by atoms with Crippen molar-refractivity contribution in [3.63, 3.8) is 0 Å². The predicted octanol–water partition coefficient (Wildman–Crippen LogP) is 2.33. The molecule has 1 aliphatic carbocycles. The van der Waals surface area contributed by atoms with Crippen molar-refractivity contribution in [2.45, 2.75) is 58.1 Å². The summed E-state index contributed by atoms with van der Waals surface area (Å²) in [7, 11) is 0. The minimum Gasteiger partial charge on any atom is -0.377 e. The van der Waals surface area contributed by atoms with Crippen molar-refractivity contribution in [3.05, 3.63) is 0 Å². The van der Waals surface area contributed by atoms with E-state index in [9.17, 15) is 0 Å². The summed E-state index contributed by atoms with van der Waals surface area (Å²) < 4.78 is 5.77. The van der Waals surface area contributed by atoms with Crippen LogP contribution < -0.4 is 5.32 Å². The van der Waals surface area contributed by atoms with Crippen molar-refractivity contribution in [2.75, 3.05) is 13.2 Å². The summed E-state index contributed by atoms with van der Waals surface area (Å²) >= 11 is 0. The molecule has 0 aromatic heterocycles. The van der Waals surface area contributed by atoms with Crippen molar-refractivity contribution in [1.82, 2.24) is 5.32 Å². The number of likely N-dealkylation sites (N-methyl/N-ethyl adjacent to an activating group) is 1. The summed E-state index contributed by atoms with van der Waals surface area (Å²) in [4.78, 5) is 0. The molecule has 0 saturated heterocycles. The maximum atomic E-state index is 5.77. The first kappa shape index (κ1) is 11.0. The first-order valence-electron chi connectivity index (χ1n) is 5.73. The van der Waals surface area contributed by atoms with Gasteiger partial charge in [0.1, 0.15) is 0 Å². The van der Waals surface area contributed by atoms with Crippen LogP contribution >= 0.6 is 0 Å². The molecule has 1 rings (SSSR count). The zero-order chi connectivity index (χ0) is 9.52. The van der Waals surface area contributed by atoms with Crippen LogP contribution in [-0.4, -0.2) is 25.3 Å². The molecule has 0 aliphatic heterocycles. The summed E-state index contributed by atoms with van der Waals surface area (Å²) in [5, 5.41) is 3.53. The Morgan fingerprint density at radius 3 is 2.62 bits per heavy atom. The van der Waals surface area contributed by atoms with E-state index in [1.165, 1.54) is 32.1 Å². The highest BCUT2D eigenvalue weighted by Gasteiger charge is 2.22. The molecule has 0 spiro atoms. The average Bonchev–Trinajstić information content (AvgIpc) is 2.33. The fraction of sp³-hybridized carbons (Fsp3) is 1.00. The van der Waals surface area contributed by atoms with Gasteiger partial charge in [-0.15, -0.1) is 0 Å². The lowest BCUT2D eigenvalue weighted by Gasteiger charge is -2.25. The van der Waals surface area contributed by atoms with E-state index in [1.807, 2.05) is 0 Å². The van der Waals surface area contributed by atoms with E-state index < -0.39 is 0 Å². The van der Waals surface area contributed by atoms with E-state index in [-0.39, 0.29) is 0 Å². The summed E-state index contributed by atoms with van der Waals surface area (Å²) in [5.74, 6) is 0. The van der Waals surface area contributed by atoms with E-state index in [1.54, 1.807) is 0 Å². The molecule has 0 radical (unpaired) electrons. The van der Waals surface area contributed by atoms with Gasteiger partial charge in [0.15, 0.2) is 0 Å². The molecule has 1 aliphatic rings. The van der Waals surface area contributed by atoms with Gasteiger partial charge in [0.25, 0.3) is 0 Å². The Hall–Kier alpha value is -0.0800. The molecule has 0 unspecified atom stereocenters. The third-order valence-corrected chi connectivity index (χ3v) is 2.80. The number of hydrogen-bond donors (Lipinski definition) is 1. The van der Waals surface area contributed by atoms with Crippen LogP contribution in [0, 0.1) is 0 Å². The molecule has 0 aromatic carbocycles. The molecule has 2 nitrogen and oxygen atoms in total. The lowest BCUT2D eigenvalue weighted by molar-refractivity contribution is 0.0306. The zero-order valence-electron chi connectivity index (χ0n) is 9.01. The van der Waals surface area contributed by atoms with Crippen molar-refractivity contribution >= 4 is 0 Å². The van der Waals surface area contributed by atoms with E-state index in [0.29, 0.717) is 12.1 Å². The summed E-state index contributed by atoms with van der Waals surface area (Å²) in [6, 6.07) is 0.604. The van der Waals surface area contributed by atoms with Crippen LogP contribution in [-0.2, 0) is 4.74 Å². The molecular weight excluding hydrogens is 162 g/mol. The van der Waals surface area contributed by atoms with Gasteiger partial charge in [-0.2, -0.15) is 0 Å². The molecule has 1 saturated carbocycles. The molecule has 0 bridgehead atoms. The van der Waals surface area contributed by atoms with Gasteiger partial charge in [0.05, 0.1) is 6.10 Å². The van der Waals surface area contributed by atoms with Crippen LogP contribution in [0.25, 0.3) is 0 Å². The zero-order valence-corrected chi connectivity index (χ0v) is 9.01. The maximum Gasteiger partial charge on any atom is 0.0727 e. The fourth-order valence-corrected chi connectivity index (χ4v) is 2.18. The van der Waals surface area contributed by atoms with Gasteiger partial charge in [0, 0.05) is 12.6 Å². The Bertz CT molecular complexity index is 113. The van der Waals surface area contributed by atoms with E-state index in [0.717, 1.165) is 13.2 Å². The largest absolute Gasteiger partial charge is 0.377 e. The number of nitrogens with one attached hydrogen (secondary N) is 1. The van der Waals surface area contributed by atoms with Gasteiger partial charge < -0.3 is 10.1 Å². The summed E-state index contributed by atoms with van der Waals surface area (Å²) in [6.45, 7) is 6.18. The molecule has 2 heteroatoms. The van der Waals surface area contributed by atoms with E-state index >= 15 is 0 Å². The molecule has 1 N–H and O–H groups in total. The van der Waals surface area contributed by atoms with Crippen molar-refractivity contribution in [1.29, 1.82) is 0 Å². The van der Waals surface area contributed by atoms with Gasteiger partial charge >= 0.3 is 0 Å². The third-order valence-electron chi connectivity index (χ3n) is 2.80. The minimum atomic E-state index is 0.465. The second-order valence-corrected chi connectivity index (χ2v) is 3.80. The highest BCUT2D eigenvalue weighted by molar-refractivity contribution is 4.79. The van der Waals surface area contributed by atoms with Crippen LogP contribution in [0.2, 0.25) is 0 Å². The van der Waals surface area contributed by atoms with Crippen LogP contribution in [0.3, 0.4) is 0 Å². The third kappa shape index (κ3) is 3.65. The molecular formula is C11H23NO. The number of hydrogen-bond acceptors (Lipinski definition) is 2. The highest BCUT2D eigenvalue weighted by Crippen LogP contribution is 2.20. The lowest BCUT2D eigenvalue weighted by Crippen LogP contribution is -2.40. The molecule has 2 atom stereocenters. The Balaban J connectivity index is 2.40. The van der Waals surface area contributed by atoms with Gasteiger partial charge in [0.2, 0.25) is 0 Å². The standard InChI is InChI=1S/C11H23NO/c1-3-12-10-8-6-5-7-9-11(10)13-4-2/h10-12H,3-9H2,1-2H3/t10-,11-/m1/s1. The molecule has 1 fully saturated rings. The van der Waals surface area contributed by atoms with Crippen LogP contribution in [0.15, 0.2) is 0 Å². The maximum absolute atomic E-state index is 5.77. The van der Waals surface area contributed by atoms with Gasteiger partial charge in [-0.25, -0.2) is 0 Å². The molecule has 0 aromatic rings. The van der Waals surface area contributed by atoms with Crippen molar-refractivity contribution < 1.29 is 4.74 Å². The molecule has 78 valence electrons. The smallest absolute Gasteiger partial charge is 0.0727 e. The molecule has 0 amide bonds. The number of ether oxygens (including phenoxy) is 1. The first-order valence-corrected chi connectivity index (χ1v) is 5.73. The molecule has 0 heterocycles. The SMILES string of the molecule is CCN[C@@H]1CCCCC[C@H]1OCC. The predicted molar refractivity (Wildman–Crippen MR) is 56.0 cm³/mol. The van der Waals surface area contributed by atoms with E-state index in [4.69, 9.17) is 4.74 Å². The Morgan fingerprint density at radius 1 is 1.15 bits per heavy atom. The quantitative estimate of drug-likeness (QED) is 0.679. The van der Waals surface area contributed by atoms with E-state index in [2.05, 4.69) is 19.2 Å². The first-order chi connectivity index (χ1) is 6.38. The van der Waals surface area contributed by atoms with Crippen LogP contribution in [0.5, 0.6) is 0 Å². The molecule has 13 heavy (non-hydrogen) atoms. The van der Waals surface area contributed by atoms with Crippen LogP contribution in [0.4, 0.5) is 0 Å².